The van der Waals surface area contributed by atoms with Gasteiger partial charge in [0, 0.05) is 18.8 Å². The number of hydrogen-bond acceptors (Lipinski definition) is 7. The molecule has 0 saturated heterocycles. The molecular formula is C11H18N4O4S. The predicted molar refractivity (Wildman–Crippen MR) is 74.2 cm³/mol. The van der Waals surface area contributed by atoms with E-state index in [0.717, 1.165) is 11.3 Å². The van der Waals surface area contributed by atoms with Crippen LogP contribution in [0.5, 0.6) is 0 Å². The highest BCUT2D eigenvalue weighted by atomic mass is 32.1. The highest BCUT2D eigenvalue weighted by molar-refractivity contribution is 7.13. The van der Waals surface area contributed by atoms with E-state index in [9.17, 15) is 19.8 Å². The van der Waals surface area contributed by atoms with E-state index in [0.29, 0.717) is 0 Å². The van der Waals surface area contributed by atoms with Gasteiger partial charge in [0.25, 0.3) is 5.91 Å². The van der Waals surface area contributed by atoms with Gasteiger partial charge in [0.2, 0.25) is 5.91 Å². The summed E-state index contributed by atoms with van der Waals surface area (Å²) in [5.74, 6) is -0.804. The van der Waals surface area contributed by atoms with Gasteiger partial charge in [-0.3, -0.25) is 9.59 Å². The molecule has 6 N–H and O–H groups in total. The number of thiazole rings is 1. The fourth-order valence-electron chi connectivity index (χ4n) is 1.54. The molecule has 1 aromatic rings. The maximum Gasteiger partial charge on any atom is 0.270 e. The van der Waals surface area contributed by atoms with E-state index in [-0.39, 0.29) is 23.3 Å². The summed E-state index contributed by atoms with van der Waals surface area (Å²) in [5.41, 5.74) is 5.56. The molecule has 2 amide bonds. The normalized spacial score (nSPS) is 15.2. The fourth-order valence-corrected chi connectivity index (χ4v) is 2.08. The monoisotopic (exact) mass is 302 g/mol. The van der Waals surface area contributed by atoms with Crippen LogP contribution in [-0.4, -0.2) is 51.8 Å². The summed E-state index contributed by atoms with van der Waals surface area (Å²) in [7, 11) is 0. The molecular weight excluding hydrogens is 284 g/mol. The van der Waals surface area contributed by atoms with Gasteiger partial charge in [-0.25, -0.2) is 4.98 Å². The third kappa shape index (κ3) is 4.76. The average molecular weight is 302 g/mol. The quantitative estimate of drug-likeness (QED) is 0.443. The number of carbonyl (C=O) groups is 2. The van der Waals surface area contributed by atoms with Crippen molar-refractivity contribution in [3.63, 3.8) is 0 Å². The smallest absolute Gasteiger partial charge is 0.270 e. The van der Waals surface area contributed by atoms with Crippen LogP contribution < -0.4 is 16.4 Å². The first-order chi connectivity index (χ1) is 9.31. The number of nitrogens with zero attached hydrogens (tertiary/aromatic N) is 1. The van der Waals surface area contributed by atoms with Crippen molar-refractivity contribution in [2.45, 2.75) is 32.1 Å². The van der Waals surface area contributed by atoms with Crippen molar-refractivity contribution >= 4 is 28.3 Å². The second kappa shape index (κ2) is 7.17. The van der Waals surface area contributed by atoms with Gasteiger partial charge in [-0.1, -0.05) is 0 Å². The molecule has 0 spiro atoms. The van der Waals surface area contributed by atoms with Crippen molar-refractivity contribution in [2.24, 2.45) is 0 Å². The maximum atomic E-state index is 11.6. The van der Waals surface area contributed by atoms with E-state index in [1.54, 1.807) is 6.92 Å². The number of nitrogens with one attached hydrogen (secondary N) is 2. The molecule has 0 aliphatic heterocycles. The Morgan fingerprint density at radius 2 is 2.15 bits per heavy atom. The van der Waals surface area contributed by atoms with Crippen LogP contribution in [0.4, 0.5) is 5.13 Å². The first-order valence-corrected chi connectivity index (χ1v) is 6.81. The van der Waals surface area contributed by atoms with Crippen molar-refractivity contribution < 1.29 is 19.8 Å². The number of nitrogen functional groups attached to an aromatic ring is 1. The third-order valence-corrected chi connectivity index (χ3v) is 3.24. The molecule has 3 unspecified atom stereocenters. The Bertz CT molecular complexity index is 479. The largest absolute Gasteiger partial charge is 0.388 e. The molecule has 1 aromatic heterocycles. The standard InChI is InChI=1S/C11H18N4O4S/c1-5(14-6(2)16)9(18)8(17)3-13-10(19)7-4-20-11(12)15-7/h4-5,8-9,17-18H,3H2,1-2H3,(H2,12,15)(H,13,19)(H,14,16). The Balaban J connectivity index is 2.44. The Hall–Kier alpha value is -1.71. The molecule has 0 fully saturated rings. The van der Waals surface area contributed by atoms with Gasteiger partial charge in [-0.15, -0.1) is 11.3 Å². The number of aliphatic hydroxyl groups is 2. The first-order valence-electron chi connectivity index (χ1n) is 5.93. The number of aromatic nitrogens is 1. The number of amides is 2. The fraction of sp³-hybridized carbons (Fsp3) is 0.545. The molecule has 0 radical (unpaired) electrons. The molecule has 0 bridgehead atoms. The number of hydrogen-bond donors (Lipinski definition) is 5. The summed E-state index contributed by atoms with van der Waals surface area (Å²) in [6, 6.07) is -0.630. The lowest BCUT2D eigenvalue weighted by molar-refractivity contribution is -0.121. The summed E-state index contributed by atoms with van der Waals surface area (Å²) in [6.07, 6.45) is -2.41. The van der Waals surface area contributed by atoms with Crippen molar-refractivity contribution in [2.75, 3.05) is 12.3 Å². The van der Waals surface area contributed by atoms with E-state index in [4.69, 9.17) is 5.73 Å². The lowest BCUT2D eigenvalue weighted by Gasteiger charge is -2.24. The van der Waals surface area contributed by atoms with Gasteiger partial charge in [0.05, 0.1) is 12.1 Å². The van der Waals surface area contributed by atoms with Crippen LogP contribution in [0.1, 0.15) is 24.3 Å². The summed E-state index contributed by atoms with van der Waals surface area (Å²) >= 11 is 1.13. The molecule has 20 heavy (non-hydrogen) atoms. The minimum atomic E-state index is -1.21. The van der Waals surface area contributed by atoms with Crippen LogP contribution in [0.25, 0.3) is 0 Å². The van der Waals surface area contributed by atoms with Gasteiger partial charge < -0.3 is 26.6 Å². The van der Waals surface area contributed by atoms with Gasteiger partial charge >= 0.3 is 0 Å². The van der Waals surface area contributed by atoms with Crippen molar-refractivity contribution in [1.29, 1.82) is 0 Å². The van der Waals surface area contributed by atoms with Crippen LogP contribution in [0, 0.1) is 0 Å². The number of rotatable bonds is 6. The molecule has 1 heterocycles. The summed E-state index contributed by atoms with van der Waals surface area (Å²) in [6.45, 7) is 2.70. The van der Waals surface area contributed by atoms with Crippen LogP contribution in [0.15, 0.2) is 5.38 Å². The Morgan fingerprint density at radius 1 is 1.50 bits per heavy atom. The Morgan fingerprint density at radius 3 is 2.65 bits per heavy atom. The van der Waals surface area contributed by atoms with Crippen molar-refractivity contribution in [3.05, 3.63) is 11.1 Å². The van der Waals surface area contributed by atoms with Crippen molar-refractivity contribution in [3.8, 4) is 0 Å². The highest BCUT2D eigenvalue weighted by Gasteiger charge is 2.24. The molecule has 112 valence electrons. The zero-order chi connectivity index (χ0) is 15.3. The van der Waals surface area contributed by atoms with Gasteiger partial charge in [-0.2, -0.15) is 0 Å². The van der Waals surface area contributed by atoms with E-state index < -0.39 is 24.2 Å². The lowest BCUT2D eigenvalue weighted by Crippen LogP contribution is -2.49. The van der Waals surface area contributed by atoms with Crippen LogP contribution >= 0.6 is 11.3 Å². The first kappa shape index (κ1) is 16.3. The average Bonchev–Trinajstić information content (AvgIpc) is 2.80. The molecule has 9 heteroatoms. The summed E-state index contributed by atoms with van der Waals surface area (Å²) in [5, 5.41) is 26.2. The van der Waals surface area contributed by atoms with Crippen LogP contribution in [0.2, 0.25) is 0 Å². The van der Waals surface area contributed by atoms with Crippen molar-refractivity contribution in [1.82, 2.24) is 15.6 Å². The van der Waals surface area contributed by atoms with E-state index in [2.05, 4.69) is 15.6 Å². The summed E-state index contributed by atoms with van der Waals surface area (Å²) < 4.78 is 0. The molecule has 0 aromatic carbocycles. The second-order valence-electron chi connectivity index (χ2n) is 4.33. The highest BCUT2D eigenvalue weighted by Crippen LogP contribution is 2.10. The number of anilines is 1. The molecule has 0 aliphatic carbocycles. The van der Waals surface area contributed by atoms with E-state index in [1.807, 2.05) is 0 Å². The number of aliphatic hydroxyl groups excluding tert-OH is 2. The van der Waals surface area contributed by atoms with E-state index in [1.165, 1.54) is 12.3 Å². The van der Waals surface area contributed by atoms with Gasteiger partial charge in [-0.05, 0) is 6.92 Å². The predicted octanol–water partition coefficient (Wildman–Crippen LogP) is -1.30. The number of carbonyl (C=O) groups excluding carboxylic acids is 2. The molecule has 8 nitrogen and oxygen atoms in total. The Labute approximate surface area is 120 Å². The van der Waals surface area contributed by atoms with Crippen LogP contribution in [0.3, 0.4) is 0 Å². The lowest BCUT2D eigenvalue weighted by atomic mass is 10.1. The molecule has 1 rings (SSSR count). The molecule has 0 aliphatic rings. The SMILES string of the molecule is CC(=O)NC(C)C(O)C(O)CNC(=O)c1csc(N)n1. The summed E-state index contributed by atoms with van der Waals surface area (Å²) in [4.78, 5) is 26.3. The minimum absolute atomic E-state index is 0.157. The zero-order valence-corrected chi connectivity index (χ0v) is 12.0. The maximum absolute atomic E-state index is 11.6. The molecule has 0 saturated carbocycles. The Kier molecular flexibility index (Phi) is 5.86. The minimum Gasteiger partial charge on any atom is -0.388 e. The topological polar surface area (TPSA) is 138 Å². The second-order valence-corrected chi connectivity index (χ2v) is 5.22. The zero-order valence-electron chi connectivity index (χ0n) is 11.2. The molecule has 3 atom stereocenters. The van der Waals surface area contributed by atoms with Gasteiger partial charge in [0.1, 0.15) is 11.8 Å². The van der Waals surface area contributed by atoms with Gasteiger partial charge in [0.15, 0.2) is 5.13 Å². The third-order valence-electron chi connectivity index (χ3n) is 2.56. The number of nitrogens with two attached hydrogens (primary N) is 1. The van der Waals surface area contributed by atoms with Crippen LogP contribution in [-0.2, 0) is 4.79 Å². The van der Waals surface area contributed by atoms with E-state index >= 15 is 0 Å².